The molecule has 0 saturated carbocycles. The molecule has 1 amide bonds. The lowest BCUT2D eigenvalue weighted by atomic mass is 10.3. The standard InChI is InChI=1S/C20H24N6O3/c1-21-19(27)18-13-15(4-5-22-18)29-14-2-3-16-17(12-14)25-20(24-16)23-6-7-26-8-10-28-11-9-26/h2-5,12-13H,6-11H2,1H3,(H,21,27)(H2,23,24,25). The summed E-state index contributed by atoms with van der Waals surface area (Å²) in [5.41, 5.74) is 2.03. The maximum atomic E-state index is 11.7. The fraction of sp³-hybridized carbons (Fsp3) is 0.350. The molecule has 1 saturated heterocycles. The Hall–Kier alpha value is -3.17. The van der Waals surface area contributed by atoms with Gasteiger partial charge in [0.2, 0.25) is 5.95 Å². The molecule has 2 aromatic heterocycles. The molecule has 29 heavy (non-hydrogen) atoms. The molecule has 0 aliphatic carbocycles. The Kier molecular flexibility index (Phi) is 5.87. The highest BCUT2D eigenvalue weighted by atomic mass is 16.5. The Morgan fingerprint density at radius 2 is 2.07 bits per heavy atom. The smallest absolute Gasteiger partial charge is 0.269 e. The average molecular weight is 396 g/mol. The predicted octanol–water partition coefficient (Wildman–Crippen LogP) is 1.85. The van der Waals surface area contributed by atoms with E-state index in [4.69, 9.17) is 9.47 Å². The van der Waals surface area contributed by atoms with Crippen molar-refractivity contribution in [2.24, 2.45) is 0 Å². The molecule has 3 N–H and O–H groups in total. The fourth-order valence-corrected chi connectivity index (χ4v) is 3.16. The number of amides is 1. The SMILES string of the molecule is CNC(=O)c1cc(Oc2ccc3nc(NCCN4CCOCC4)[nH]c3c2)ccn1. The van der Waals surface area contributed by atoms with Crippen molar-refractivity contribution in [3.05, 3.63) is 42.2 Å². The number of ether oxygens (including phenoxy) is 2. The van der Waals surface area contributed by atoms with Gasteiger partial charge in [-0.25, -0.2) is 4.98 Å². The molecule has 1 aliphatic heterocycles. The first-order valence-corrected chi connectivity index (χ1v) is 9.61. The Balaban J connectivity index is 1.39. The lowest BCUT2D eigenvalue weighted by Crippen LogP contribution is -2.39. The topological polar surface area (TPSA) is 104 Å². The van der Waals surface area contributed by atoms with Crippen LogP contribution in [0.3, 0.4) is 0 Å². The Morgan fingerprint density at radius 3 is 2.90 bits per heavy atom. The monoisotopic (exact) mass is 396 g/mol. The number of hydrogen-bond donors (Lipinski definition) is 3. The second-order valence-electron chi connectivity index (χ2n) is 6.70. The van der Waals surface area contributed by atoms with Gasteiger partial charge < -0.3 is 25.1 Å². The van der Waals surface area contributed by atoms with Crippen LogP contribution < -0.4 is 15.4 Å². The van der Waals surface area contributed by atoms with Crippen LogP contribution in [0.2, 0.25) is 0 Å². The number of nitrogens with zero attached hydrogens (tertiary/aromatic N) is 3. The third-order valence-electron chi connectivity index (χ3n) is 4.70. The molecule has 3 aromatic rings. The highest BCUT2D eigenvalue weighted by molar-refractivity contribution is 5.92. The molecule has 0 radical (unpaired) electrons. The summed E-state index contributed by atoms with van der Waals surface area (Å²) in [6, 6.07) is 8.95. The number of H-pyrrole nitrogens is 1. The lowest BCUT2D eigenvalue weighted by molar-refractivity contribution is 0.0398. The number of carbonyl (C=O) groups is 1. The summed E-state index contributed by atoms with van der Waals surface area (Å²) in [5.74, 6) is 1.67. The molecular formula is C20H24N6O3. The van der Waals surface area contributed by atoms with Gasteiger partial charge in [0.15, 0.2) is 0 Å². The molecule has 0 atom stereocenters. The molecule has 9 nitrogen and oxygen atoms in total. The zero-order valence-electron chi connectivity index (χ0n) is 16.3. The predicted molar refractivity (Wildman–Crippen MR) is 110 cm³/mol. The molecule has 3 heterocycles. The van der Waals surface area contributed by atoms with Crippen LogP contribution in [-0.2, 0) is 4.74 Å². The van der Waals surface area contributed by atoms with Crippen LogP contribution >= 0.6 is 0 Å². The normalized spacial score (nSPS) is 14.7. The maximum absolute atomic E-state index is 11.7. The van der Waals surface area contributed by atoms with Gasteiger partial charge >= 0.3 is 0 Å². The first kappa shape index (κ1) is 19.2. The molecule has 0 unspecified atom stereocenters. The van der Waals surface area contributed by atoms with Crippen molar-refractivity contribution in [2.75, 3.05) is 51.8 Å². The number of hydrogen-bond acceptors (Lipinski definition) is 7. The summed E-state index contributed by atoms with van der Waals surface area (Å²) in [6.07, 6.45) is 1.55. The van der Waals surface area contributed by atoms with Gasteiger partial charge in [0, 0.05) is 51.6 Å². The van der Waals surface area contributed by atoms with Crippen molar-refractivity contribution in [3.8, 4) is 11.5 Å². The van der Waals surface area contributed by atoms with Gasteiger partial charge in [0.25, 0.3) is 5.91 Å². The van der Waals surface area contributed by atoms with Gasteiger partial charge in [-0.05, 0) is 18.2 Å². The minimum atomic E-state index is -0.257. The van der Waals surface area contributed by atoms with Crippen LogP contribution in [0.5, 0.6) is 11.5 Å². The second kappa shape index (κ2) is 8.89. The summed E-state index contributed by atoms with van der Waals surface area (Å²) in [5, 5.41) is 5.88. The third kappa shape index (κ3) is 4.82. The van der Waals surface area contributed by atoms with E-state index in [1.165, 1.54) is 0 Å². The van der Waals surface area contributed by atoms with E-state index in [0.717, 1.165) is 56.4 Å². The minimum absolute atomic E-state index is 0.257. The van der Waals surface area contributed by atoms with E-state index in [1.807, 2.05) is 18.2 Å². The van der Waals surface area contributed by atoms with Gasteiger partial charge in [-0.2, -0.15) is 0 Å². The van der Waals surface area contributed by atoms with Gasteiger partial charge in [-0.15, -0.1) is 0 Å². The molecular weight excluding hydrogens is 372 g/mol. The number of pyridine rings is 1. The van der Waals surface area contributed by atoms with Crippen molar-refractivity contribution < 1.29 is 14.3 Å². The molecule has 1 aromatic carbocycles. The second-order valence-corrected chi connectivity index (χ2v) is 6.70. The number of nitrogens with one attached hydrogen (secondary N) is 3. The number of rotatable bonds is 7. The number of anilines is 1. The van der Waals surface area contributed by atoms with E-state index in [1.54, 1.807) is 25.4 Å². The molecule has 9 heteroatoms. The van der Waals surface area contributed by atoms with Gasteiger partial charge in [-0.3, -0.25) is 14.7 Å². The number of morpholine rings is 1. The fourth-order valence-electron chi connectivity index (χ4n) is 3.16. The van der Waals surface area contributed by atoms with Gasteiger partial charge in [0.1, 0.15) is 17.2 Å². The molecule has 152 valence electrons. The van der Waals surface area contributed by atoms with E-state index in [-0.39, 0.29) is 5.91 Å². The number of benzene rings is 1. The maximum Gasteiger partial charge on any atom is 0.269 e. The lowest BCUT2D eigenvalue weighted by Gasteiger charge is -2.26. The quantitative estimate of drug-likeness (QED) is 0.560. The Bertz CT molecular complexity index is 983. The molecule has 1 aliphatic rings. The highest BCUT2D eigenvalue weighted by Crippen LogP contribution is 2.25. The third-order valence-corrected chi connectivity index (χ3v) is 4.70. The Labute approximate surface area is 168 Å². The first-order valence-electron chi connectivity index (χ1n) is 9.61. The molecule has 4 rings (SSSR count). The summed E-state index contributed by atoms with van der Waals surface area (Å²) < 4.78 is 11.3. The van der Waals surface area contributed by atoms with E-state index in [0.29, 0.717) is 17.2 Å². The van der Waals surface area contributed by atoms with Crippen molar-refractivity contribution in [1.29, 1.82) is 0 Å². The molecule has 0 spiro atoms. The summed E-state index contributed by atoms with van der Waals surface area (Å²) in [7, 11) is 1.57. The van der Waals surface area contributed by atoms with E-state index in [2.05, 4.69) is 30.5 Å². The van der Waals surface area contributed by atoms with E-state index < -0.39 is 0 Å². The number of imidazole rings is 1. The number of carbonyl (C=O) groups excluding carboxylic acids is 1. The zero-order chi connectivity index (χ0) is 20.1. The van der Waals surface area contributed by atoms with Crippen LogP contribution in [0.4, 0.5) is 5.95 Å². The van der Waals surface area contributed by atoms with Crippen LogP contribution in [0.25, 0.3) is 11.0 Å². The van der Waals surface area contributed by atoms with Crippen molar-refractivity contribution in [1.82, 2.24) is 25.2 Å². The van der Waals surface area contributed by atoms with Crippen molar-refractivity contribution in [3.63, 3.8) is 0 Å². The Morgan fingerprint density at radius 1 is 1.24 bits per heavy atom. The first-order chi connectivity index (χ1) is 14.2. The average Bonchev–Trinajstić information content (AvgIpc) is 3.16. The van der Waals surface area contributed by atoms with E-state index in [9.17, 15) is 4.79 Å². The van der Waals surface area contributed by atoms with Gasteiger partial charge in [0.05, 0.1) is 24.2 Å². The van der Waals surface area contributed by atoms with Crippen molar-refractivity contribution in [2.45, 2.75) is 0 Å². The van der Waals surface area contributed by atoms with Crippen molar-refractivity contribution >= 4 is 22.9 Å². The minimum Gasteiger partial charge on any atom is -0.457 e. The summed E-state index contributed by atoms with van der Waals surface area (Å²) >= 11 is 0. The number of aromatic amines is 1. The number of aromatic nitrogens is 3. The van der Waals surface area contributed by atoms with E-state index >= 15 is 0 Å². The largest absolute Gasteiger partial charge is 0.457 e. The summed E-state index contributed by atoms with van der Waals surface area (Å²) in [4.78, 5) is 26.0. The van der Waals surface area contributed by atoms with Crippen LogP contribution in [-0.4, -0.2) is 72.2 Å². The molecule has 0 bridgehead atoms. The van der Waals surface area contributed by atoms with Gasteiger partial charge in [-0.1, -0.05) is 0 Å². The summed E-state index contributed by atoms with van der Waals surface area (Å²) in [6.45, 7) is 5.30. The zero-order valence-corrected chi connectivity index (χ0v) is 16.3. The molecule has 1 fully saturated rings. The van der Waals surface area contributed by atoms with Crippen LogP contribution in [0.1, 0.15) is 10.5 Å². The highest BCUT2D eigenvalue weighted by Gasteiger charge is 2.11. The van der Waals surface area contributed by atoms with Crippen LogP contribution in [0, 0.1) is 0 Å². The van der Waals surface area contributed by atoms with Crippen LogP contribution in [0.15, 0.2) is 36.5 Å². The number of fused-ring (bicyclic) bond motifs is 1.